The van der Waals surface area contributed by atoms with Gasteiger partial charge in [-0.05, 0) is 26.0 Å². The largest absolute Gasteiger partial charge is 0.370 e. The highest BCUT2D eigenvalue weighted by atomic mass is 16.1. The zero-order valence-electron chi connectivity index (χ0n) is 9.32. The monoisotopic (exact) mass is 218 g/mol. The first-order chi connectivity index (χ1) is 7.44. The van der Waals surface area contributed by atoms with Crippen LogP contribution in [0.1, 0.15) is 25.8 Å². The van der Waals surface area contributed by atoms with Crippen LogP contribution >= 0.6 is 0 Å². The van der Waals surface area contributed by atoms with Gasteiger partial charge in [-0.15, -0.1) is 0 Å². The van der Waals surface area contributed by atoms with Crippen LogP contribution in [0.5, 0.6) is 0 Å². The van der Waals surface area contributed by atoms with Crippen molar-refractivity contribution in [1.29, 1.82) is 5.26 Å². The van der Waals surface area contributed by atoms with Crippen molar-refractivity contribution in [2.24, 2.45) is 5.73 Å². The number of amides is 1. The Labute approximate surface area is 94.3 Å². The molecule has 1 aromatic heterocycles. The van der Waals surface area contributed by atoms with Crippen molar-refractivity contribution in [1.82, 2.24) is 4.98 Å². The second-order valence-corrected chi connectivity index (χ2v) is 4.16. The van der Waals surface area contributed by atoms with Crippen LogP contribution in [-0.4, -0.2) is 16.4 Å². The summed E-state index contributed by atoms with van der Waals surface area (Å²) >= 11 is 0. The Kier molecular flexibility index (Phi) is 3.46. The van der Waals surface area contributed by atoms with Crippen molar-refractivity contribution in [3.63, 3.8) is 0 Å². The number of nitrogens with zero attached hydrogens (tertiary/aromatic N) is 2. The molecule has 1 amide bonds. The normalized spacial score (nSPS) is 10.6. The highest BCUT2D eigenvalue weighted by molar-refractivity contribution is 5.75. The van der Waals surface area contributed by atoms with Crippen LogP contribution in [-0.2, 0) is 4.79 Å². The maximum Gasteiger partial charge on any atom is 0.219 e. The topological polar surface area (TPSA) is 91.8 Å². The van der Waals surface area contributed by atoms with Crippen LogP contribution in [0.2, 0.25) is 0 Å². The molecule has 0 unspecified atom stereocenters. The van der Waals surface area contributed by atoms with E-state index in [0.29, 0.717) is 11.4 Å². The number of nitrogens with two attached hydrogens (primary N) is 1. The van der Waals surface area contributed by atoms with Gasteiger partial charge in [0.05, 0.1) is 5.56 Å². The fourth-order valence-corrected chi connectivity index (χ4v) is 1.40. The van der Waals surface area contributed by atoms with Crippen molar-refractivity contribution in [3.8, 4) is 6.07 Å². The van der Waals surface area contributed by atoms with Gasteiger partial charge in [-0.2, -0.15) is 5.26 Å². The number of anilines is 1. The molecule has 0 bridgehead atoms. The smallest absolute Gasteiger partial charge is 0.219 e. The van der Waals surface area contributed by atoms with Crippen LogP contribution in [0.4, 0.5) is 5.82 Å². The molecule has 84 valence electrons. The molecule has 0 aliphatic rings. The summed E-state index contributed by atoms with van der Waals surface area (Å²) in [6.45, 7) is 3.65. The minimum atomic E-state index is -0.522. The SMILES string of the molecule is CC(C)(CC(N)=O)Nc1ncccc1C#N. The molecule has 0 aromatic carbocycles. The Balaban J connectivity index is 2.88. The molecule has 0 radical (unpaired) electrons. The Morgan fingerprint density at radius 1 is 1.69 bits per heavy atom. The minimum Gasteiger partial charge on any atom is -0.370 e. The number of pyridine rings is 1. The molecule has 5 nitrogen and oxygen atoms in total. The van der Waals surface area contributed by atoms with E-state index in [1.807, 2.05) is 19.9 Å². The van der Waals surface area contributed by atoms with Crippen LogP contribution < -0.4 is 11.1 Å². The number of hydrogen-bond donors (Lipinski definition) is 2. The van der Waals surface area contributed by atoms with Crippen molar-refractivity contribution in [2.45, 2.75) is 25.8 Å². The third kappa shape index (κ3) is 3.24. The molecule has 1 rings (SSSR count). The van der Waals surface area contributed by atoms with Crippen LogP contribution in [0, 0.1) is 11.3 Å². The predicted octanol–water partition coefficient (Wildman–Crippen LogP) is 1.02. The highest BCUT2D eigenvalue weighted by Crippen LogP contribution is 2.18. The van der Waals surface area contributed by atoms with Crippen LogP contribution in [0.25, 0.3) is 0 Å². The minimum absolute atomic E-state index is 0.175. The highest BCUT2D eigenvalue weighted by Gasteiger charge is 2.21. The first kappa shape index (κ1) is 12.0. The van der Waals surface area contributed by atoms with E-state index in [9.17, 15) is 4.79 Å². The van der Waals surface area contributed by atoms with Gasteiger partial charge in [0.25, 0.3) is 0 Å². The van der Waals surface area contributed by atoms with E-state index in [2.05, 4.69) is 10.3 Å². The second-order valence-electron chi connectivity index (χ2n) is 4.16. The average molecular weight is 218 g/mol. The molecule has 16 heavy (non-hydrogen) atoms. The Hall–Kier alpha value is -2.09. The summed E-state index contributed by atoms with van der Waals surface area (Å²) < 4.78 is 0. The van der Waals surface area contributed by atoms with Gasteiger partial charge in [0, 0.05) is 18.2 Å². The van der Waals surface area contributed by atoms with Crippen molar-refractivity contribution in [3.05, 3.63) is 23.9 Å². The van der Waals surface area contributed by atoms with Gasteiger partial charge in [-0.25, -0.2) is 4.98 Å². The maximum atomic E-state index is 10.9. The number of primary amides is 1. The van der Waals surface area contributed by atoms with E-state index in [0.717, 1.165) is 0 Å². The predicted molar refractivity (Wildman–Crippen MR) is 60.5 cm³/mol. The summed E-state index contributed by atoms with van der Waals surface area (Å²) in [7, 11) is 0. The fraction of sp³-hybridized carbons (Fsp3) is 0.364. The van der Waals surface area contributed by atoms with Gasteiger partial charge in [-0.1, -0.05) is 0 Å². The van der Waals surface area contributed by atoms with Gasteiger partial charge in [0.1, 0.15) is 11.9 Å². The molecule has 0 aliphatic heterocycles. The average Bonchev–Trinajstić information content (AvgIpc) is 2.15. The summed E-state index contributed by atoms with van der Waals surface area (Å²) in [5.41, 5.74) is 5.06. The lowest BCUT2D eigenvalue weighted by atomic mass is 10.00. The van der Waals surface area contributed by atoms with Crippen LogP contribution in [0.15, 0.2) is 18.3 Å². The summed E-state index contributed by atoms with van der Waals surface area (Å²) in [5, 5.41) is 11.9. The molecule has 0 fully saturated rings. The van der Waals surface area contributed by atoms with E-state index in [4.69, 9.17) is 11.0 Å². The van der Waals surface area contributed by atoms with Crippen molar-refractivity contribution >= 4 is 11.7 Å². The van der Waals surface area contributed by atoms with Gasteiger partial charge in [0.2, 0.25) is 5.91 Å². The van der Waals surface area contributed by atoms with Gasteiger partial charge in [-0.3, -0.25) is 4.79 Å². The number of rotatable bonds is 4. The first-order valence-corrected chi connectivity index (χ1v) is 4.86. The number of nitriles is 1. The van der Waals surface area contributed by atoms with Gasteiger partial charge >= 0.3 is 0 Å². The lowest BCUT2D eigenvalue weighted by Crippen LogP contribution is -2.36. The third-order valence-corrected chi connectivity index (χ3v) is 2.00. The van der Waals surface area contributed by atoms with Gasteiger partial charge < -0.3 is 11.1 Å². The number of nitrogens with one attached hydrogen (secondary N) is 1. The summed E-state index contributed by atoms with van der Waals surface area (Å²) in [6, 6.07) is 5.38. The standard InChI is InChI=1S/C11H14N4O/c1-11(2,6-9(13)16)15-10-8(7-12)4-3-5-14-10/h3-5H,6H2,1-2H3,(H2,13,16)(H,14,15). The molecule has 1 heterocycles. The molecular weight excluding hydrogens is 204 g/mol. The lowest BCUT2D eigenvalue weighted by molar-refractivity contribution is -0.118. The quantitative estimate of drug-likeness (QED) is 0.789. The van der Waals surface area contributed by atoms with E-state index in [1.54, 1.807) is 18.3 Å². The van der Waals surface area contributed by atoms with Crippen molar-refractivity contribution in [2.75, 3.05) is 5.32 Å². The molecule has 0 atom stereocenters. The summed E-state index contributed by atoms with van der Waals surface area (Å²) in [5.74, 6) is 0.0724. The Morgan fingerprint density at radius 3 is 2.94 bits per heavy atom. The molecular formula is C11H14N4O. The van der Waals surface area contributed by atoms with E-state index in [1.165, 1.54) is 0 Å². The number of carbonyl (C=O) groups excluding carboxylic acids is 1. The molecule has 1 aromatic rings. The lowest BCUT2D eigenvalue weighted by Gasteiger charge is -2.25. The Bertz CT molecular complexity index is 434. The Morgan fingerprint density at radius 2 is 2.38 bits per heavy atom. The molecule has 0 saturated heterocycles. The second kappa shape index (κ2) is 4.62. The molecule has 0 spiro atoms. The molecule has 5 heteroatoms. The maximum absolute atomic E-state index is 10.9. The van der Waals surface area contributed by atoms with E-state index < -0.39 is 11.4 Å². The number of aromatic nitrogens is 1. The van der Waals surface area contributed by atoms with Crippen molar-refractivity contribution < 1.29 is 4.79 Å². The first-order valence-electron chi connectivity index (χ1n) is 4.86. The van der Waals surface area contributed by atoms with E-state index >= 15 is 0 Å². The number of carbonyl (C=O) groups is 1. The third-order valence-electron chi connectivity index (χ3n) is 2.00. The zero-order chi connectivity index (χ0) is 12.2. The van der Waals surface area contributed by atoms with Gasteiger partial charge in [0.15, 0.2) is 0 Å². The molecule has 0 aliphatic carbocycles. The molecule has 0 saturated carbocycles. The van der Waals surface area contributed by atoms with E-state index in [-0.39, 0.29) is 6.42 Å². The number of hydrogen-bond acceptors (Lipinski definition) is 4. The van der Waals surface area contributed by atoms with Crippen LogP contribution in [0.3, 0.4) is 0 Å². The summed E-state index contributed by atoms with van der Waals surface area (Å²) in [6.07, 6.45) is 1.76. The fourth-order valence-electron chi connectivity index (χ4n) is 1.40. The zero-order valence-corrected chi connectivity index (χ0v) is 9.32. The summed E-state index contributed by atoms with van der Waals surface area (Å²) in [4.78, 5) is 14.9. The molecule has 3 N–H and O–H groups in total.